The highest BCUT2D eigenvalue weighted by Gasteiger charge is 2.10. The second-order valence-corrected chi connectivity index (χ2v) is 4.70. The fourth-order valence-electron chi connectivity index (χ4n) is 1.35. The second-order valence-electron chi connectivity index (χ2n) is 3.55. The van der Waals surface area contributed by atoms with Gasteiger partial charge in [-0.25, -0.2) is 0 Å². The van der Waals surface area contributed by atoms with Gasteiger partial charge in [-0.05, 0) is 13.0 Å². The van der Waals surface area contributed by atoms with Gasteiger partial charge in [-0.3, -0.25) is 10.1 Å². The van der Waals surface area contributed by atoms with Crippen molar-refractivity contribution in [3.63, 3.8) is 0 Å². The number of nitro groups is 1. The quantitative estimate of drug-likeness (QED) is 0.350. The SMILES string of the molecule is C=CCSCCNc1ccc(C)c([N+](=O)[O-])c1. The van der Waals surface area contributed by atoms with Gasteiger partial charge in [0.25, 0.3) is 5.69 Å². The third-order valence-electron chi connectivity index (χ3n) is 2.22. The first-order valence-corrected chi connectivity index (χ1v) is 6.48. The van der Waals surface area contributed by atoms with Crippen LogP contribution in [0.15, 0.2) is 30.9 Å². The molecule has 0 saturated heterocycles. The molecule has 0 aromatic heterocycles. The van der Waals surface area contributed by atoms with Crippen LogP contribution in [0.1, 0.15) is 5.56 Å². The third kappa shape index (κ3) is 4.48. The Labute approximate surface area is 105 Å². The van der Waals surface area contributed by atoms with Crippen LogP contribution in [0.2, 0.25) is 0 Å². The van der Waals surface area contributed by atoms with E-state index in [1.54, 1.807) is 30.8 Å². The zero-order chi connectivity index (χ0) is 12.7. The predicted molar refractivity (Wildman–Crippen MR) is 73.8 cm³/mol. The number of hydrogen-bond acceptors (Lipinski definition) is 4. The third-order valence-corrected chi connectivity index (χ3v) is 3.18. The highest BCUT2D eigenvalue weighted by molar-refractivity contribution is 7.99. The van der Waals surface area contributed by atoms with Crippen molar-refractivity contribution in [2.75, 3.05) is 23.4 Å². The van der Waals surface area contributed by atoms with Gasteiger partial charge >= 0.3 is 0 Å². The maximum absolute atomic E-state index is 10.8. The van der Waals surface area contributed by atoms with Gasteiger partial charge in [0.15, 0.2) is 0 Å². The molecular weight excluding hydrogens is 236 g/mol. The van der Waals surface area contributed by atoms with Gasteiger partial charge in [0, 0.05) is 35.4 Å². The highest BCUT2D eigenvalue weighted by Crippen LogP contribution is 2.22. The number of benzene rings is 1. The standard InChI is InChI=1S/C12H16N2O2S/c1-3-7-17-8-6-13-11-5-4-10(2)12(9-11)14(15)16/h3-5,9,13H,1,6-8H2,2H3. The summed E-state index contributed by atoms with van der Waals surface area (Å²) in [6.07, 6.45) is 1.86. The summed E-state index contributed by atoms with van der Waals surface area (Å²) in [5.41, 5.74) is 1.64. The van der Waals surface area contributed by atoms with Crippen molar-refractivity contribution in [1.82, 2.24) is 0 Å². The molecule has 92 valence electrons. The molecular formula is C12H16N2O2S. The fourth-order valence-corrected chi connectivity index (χ4v) is 1.93. The van der Waals surface area contributed by atoms with Crippen LogP contribution in [0.3, 0.4) is 0 Å². The molecule has 17 heavy (non-hydrogen) atoms. The van der Waals surface area contributed by atoms with E-state index in [-0.39, 0.29) is 10.6 Å². The Morgan fingerprint density at radius 1 is 1.59 bits per heavy atom. The van der Waals surface area contributed by atoms with E-state index in [1.807, 2.05) is 12.1 Å². The van der Waals surface area contributed by atoms with Crippen LogP contribution in [0, 0.1) is 17.0 Å². The summed E-state index contributed by atoms with van der Waals surface area (Å²) in [7, 11) is 0. The van der Waals surface area contributed by atoms with Crippen LogP contribution in [-0.4, -0.2) is 23.0 Å². The van der Waals surface area contributed by atoms with Gasteiger partial charge in [0.05, 0.1) is 4.92 Å². The Bertz CT molecular complexity index is 407. The number of aryl methyl sites for hydroxylation is 1. The molecule has 0 aliphatic rings. The lowest BCUT2D eigenvalue weighted by Crippen LogP contribution is -2.05. The summed E-state index contributed by atoms with van der Waals surface area (Å²) < 4.78 is 0. The maximum Gasteiger partial charge on any atom is 0.274 e. The van der Waals surface area contributed by atoms with E-state index in [0.29, 0.717) is 5.56 Å². The number of hydrogen-bond donors (Lipinski definition) is 1. The second kappa shape index (κ2) is 6.96. The molecule has 0 heterocycles. The van der Waals surface area contributed by atoms with E-state index in [1.165, 1.54) is 0 Å². The van der Waals surface area contributed by atoms with Crippen LogP contribution in [0.25, 0.3) is 0 Å². The lowest BCUT2D eigenvalue weighted by molar-refractivity contribution is -0.385. The average Bonchev–Trinajstić information content (AvgIpc) is 2.30. The fraction of sp³-hybridized carbons (Fsp3) is 0.333. The normalized spacial score (nSPS) is 9.94. The molecule has 0 bridgehead atoms. The van der Waals surface area contributed by atoms with Crippen LogP contribution in [0.4, 0.5) is 11.4 Å². The Balaban J connectivity index is 2.51. The minimum Gasteiger partial charge on any atom is -0.384 e. The largest absolute Gasteiger partial charge is 0.384 e. The van der Waals surface area contributed by atoms with Crippen LogP contribution in [0.5, 0.6) is 0 Å². The Morgan fingerprint density at radius 2 is 2.35 bits per heavy atom. The molecule has 0 saturated carbocycles. The summed E-state index contributed by atoms with van der Waals surface area (Å²) in [4.78, 5) is 10.4. The van der Waals surface area contributed by atoms with Crippen molar-refractivity contribution in [2.45, 2.75) is 6.92 Å². The molecule has 5 heteroatoms. The topological polar surface area (TPSA) is 55.2 Å². The summed E-state index contributed by atoms with van der Waals surface area (Å²) in [6.45, 7) is 6.17. The Morgan fingerprint density at radius 3 is 3.00 bits per heavy atom. The molecule has 1 N–H and O–H groups in total. The first-order chi connectivity index (χ1) is 8.15. The molecule has 1 aromatic rings. The number of rotatable bonds is 7. The van der Waals surface area contributed by atoms with Gasteiger partial charge in [-0.2, -0.15) is 11.8 Å². The van der Waals surface area contributed by atoms with Crippen molar-refractivity contribution in [1.29, 1.82) is 0 Å². The molecule has 1 aromatic carbocycles. The van der Waals surface area contributed by atoms with E-state index in [9.17, 15) is 10.1 Å². The zero-order valence-electron chi connectivity index (χ0n) is 9.81. The van der Waals surface area contributed by atoms with Crippen LogP contribution < -0.4 is 5.32 Å². The van der Waals surface area contributed by atoms with Gasteiger partial charge in [0.2, 0.25) is 0 Å². The van der Waals surface area contributed by atoms with Crippen molar-refractivity contribution in [3.8, 4) is 0 Å². The van der Waals surface area contributed by atoms with Crippen molar-refractivity contribution in [2.24, 2.45) is 0 Å². The molecule has 4 nitrogen and oxygen atoms in total. The number of thioether (sulfide) groups is 1. The molecule has 0 unspecified atom stereocenters. The van der Waals surface area contributed by atoms with Crippen molar-refractivity contribution >= 4 is 23.1 Å². The lowest BCUT2D eigenvalue weighted by Gasteiger charge is -2.06. The molecule has 0 spiro atoms. The van der Waals surface area contributed by atoms with Gasteiger partial charge in [-0.15, -0.1) is 6.58 Å². The Kier molecular flexibility index (Phi) is 5.56. The van der Waals surface area contributed by atoms with Crippen LogP contribution >= 0.6 is 11.8 Å². The van der Waals surface area contributed by atoms with Gasteiger partial charge < -0.3 is 5.32 Å². The van der Waals surface area contributed by atoms with Crippen LogP contribution in [-0.2, 0) is 0 Å². The first-order valence-electron chi connectivity index (χ1n) is 5.32. The smallest absolute Gasteiger partial charge is 0.274 e. The number of nitrogens with zero attached hydrogens (tertiary/aromatic N) is 1. The van der Waals surface area contributed by atoms with E-state index >= 15 is 0 Å². The molecule has 0 radical (unpaired) electrons. The van der Waals surface area contributed by atoms with E-state index < -0.39 is 0 Å². The van der Waals surface area contributed by atoms with Gasteiger partial charge in [-0.1, -0.05) is 12.1 Å². The lowest BCUT2D eigenvalue weighted by atomic mass is 10.2. The van der Waals surface area contributed by atoms with E-state index in [4.69, 9.17) is 0 Å². The molecule has 0 amide bonds. The number of anilines is 1. The molecule has 0 aliphatic heterocycles. The van der Waals surface area contributed by atoms with Crippen molar-refractivity contribution < 1.29 is 4.92 Å². The van der Waals surface area contributed by atoms with E-state index in [2.05, 4.69) is 11.9 Å². The number of nitro benzene ring substituents is 1. The summed E-state index contributed by atoms with van der Waals surface area (Å²) in [5.74, 6) is 1.88. The summed E-state index contributed by atoms with van der Waals surface area (Å²) in [5, 5.41) is 13.9. The minimum absolute atomic E-state index is 0.161. The maximum atomic E-state index is 10.8. The zero-order valence-corrected chi connectivity index (χ0v) is 10.6. The first kappa shape index (κ1) is 13.6. The molecule has 1 rings (SSSR count). The molecule has 0 atom stereocenters. The summed E-state index contributed by atoms with van der Waals surface area (Å²) >= 11 is 1.77. The Hall–Kier alpha value is -1.49. The molecule has 0 aliphatic carbocycles. The van der Waals surface area contributed by atoms with Gasteiger partial charge in [0.1, 0.15) is 0 Å². The molecule has 0 fully saturated rings. The average molecular weight is 252 g/mol. The monoisotopic (exact) mass is 252 g/mol. The summed E-state index contributed by atoms with van der Waals surface area (Å²) in [6, 6.07) is 5.20. The number of nitrogens with one attached hydrogen (secondary N) is 1. The van der Waals surface area contributed by atoms with E-state index in [0.717, 1.165) is 23.7 Å². The highest BCUT2D eigenvalue weighted by atomic mass is 32.2. The predicted octanol–water partition coefficient (Wildman–Crippen LogP) is 3.23. The van der Waals surface area contributed by atoms with Crippen molar-refractivity contribution in [3.05, 3.63) is 46.5 Å². The minimum atomic E-state index is -0.354.